The molecule has 2 heterocycles. The highest BCUT2D eigenvalue weighted by Gasteiger charge is 2.16. The van der Waals surface area contributed by atoms with Crippen LogP contribution in [0.5, 0.6) is 0 Å². The third-order valence-corrected chi connectivity index (χ3v) is 7.32. The van der Waals surface area contributed by atoms with Gasteiger partial charge in [-0.05, 0) is 29.1 Å². The molecule has 0 atom stereocenters. The van der Waals surface area contributed by atoms with Crippen molar-refractivity contribution in [3.05, 3.63) is 88.4 Å². The van der Waals surface area contributed by atoms with E-state index < -0.39 is 10.0 Å². The Morgan fingerprint density at radius 1 is 0.808 bits per heavy atom. The first-order valence-corrected chi connectivity index (χ1v) is 11.0. The third kappa shape index (κ3) is 3.29. The Morgan fingerprint density at radius 2 is 1.50 bits per heavy atom. The SMILES string of the molecule is O=S(=O)(N=c1scc(-c2ccccc2)n1-c1ccccc1)c1cccs1. The van der Waals surface area contributed by atoms with Crippen LogP contribution in [0.25, 0.3) is 16.9 Å². The Morgan fingerprint density at radius 3 is 2.15 bits per heavy atom. The van der Waals surface area contributed by atoms with Crippen molar-refractivity contribution in [2.75, 3.05) is 0 Å². The maximum Gasteiger partial charge on any atom is 0.294 e. The number of sulfonamides is 1. The van der Waals surface area contributed by atoms with Crippen molar-refractivity contribution in [3.63, 3.8) is 0 Å². The van der Waals surface area contributed by atoms with Crippen LogP contribution in [0.1, 0.15) is 0 Å². The van der Waals surface area contributed by atoms with Gasteiger partial charge >= 0.3 is 0 Å². The van der Waals surface area contributed by atoms with Crippen molar-refractivity contribution < 1.29 is 8.42 Å². The fraction of sp³-hybridized carbons (Fsp3) is 0. The summed E-state index contributed by atoms with van der Waals surface area (Å²) in [4.78, 5) is 0.420. The maximum absolute atomic E-state index is 12.6. The first-order chi connectivity index (χ1) is 12.6. The fourth-order valence-corrected chi connectivity index (χ4v) is 5.65. The van der Waals surface area contributed by atoms with E-state index in [0.717, 1.165) is 16.9 Å². The lowest BCUT2D eigenvalue weighted by Gasteiger charge is -2.09. The minimum absolute atomic E-state index is 0.242. The lowest BCUT2D eigenvalue weighted by molar-refractivity contribution is 0.598. The van der Waals surface area contributed by atoms with Crippen molar-refractivity contribution in [2.45, 2.75) is 4.21 Å². The van der Waals surface area contributed by atoms with Gasteiger partial charge in [-0.3, -0.25) is 4.57 Å². The molecule has 2 aromatic carbocycles. The van der Waals surface area contributed by atoms with Gasteiger partial charge in [-0.25, -0.2) is 0 Å². The van der Waals surface area contributed by atoms with Crippen molar-refractivity contribution in [3.8, 4) is 16.9 Å². The molecule has 4 aromatic rings. The van der Waals surface area contributed by atoms with Gasteiger partial charge in [-0.15, -0.1) is 27.1 Å². The van der Waals surface area contributed by atoms with E-state index in [1.165, 1.54) is 22.7 Å². The Kier molecular flexibility index (Phi) is 4.58. The summed E-state index contributed by atoms with van der Waals surface area (Å²) in [7, 11) is -3.74. The summed E-state index contributed by atoms with van der Waals surface area (Å²) in [6.07, 6.45) is 0. The number of benzene rings is 2. The number of aromatic nitrogens is 1. The largest absolute Gasteiger partial charge is 0.294 e. The van der Waals surface area contributed by atoms with Crippen LogP contribution < -0.4 is 4.80 Å². The van der Waals surface area contributed by atoms with Crippen molar-refractivity contribution in [2.24, 2.45) is 4.40 Å². The molecule has 0 fully saturated rings. The van der Waals surface area contributed by atoms with E-state index in [2.05, 4.69) is 4.40 Å². The van der Waals surface area contributed by atoms with E-state index in [-0.39, 0.29) is 4.21 Å². The number of hydrogen-bond acceptors (Lipinski definition) is 4. The van der Waals surface area contributed by atoms with Crippen LogP contribution in [0.15, 0.2) is 92.2 Å². The third-order valence-electron chi connectivity index (χ3n) is 3.74. The Balaban J connectivity index is 1.97. The molecule has 26 heavy (non-hydrogen) atoms. The molecule has 0 aliphatic rings. The standard InChI is InChI=1S/C19H14N2O2S3/c22-26(23,18-12-7-13-24-18)20-19-21(16-10-5-2-6-11-16)17(14-25-19)15-8-3-1-4-9-15/h1-14H. The summed E-state index contributed by atoms with van der Waals surface area (Å²) in [5, 5.41) is 3.67. The average molecular weight is 399 g/mol. The Hall–Kier alpha value is -2.48. The molecule has 4 rings (SSSR count). The summed E-state index contributed by atoms with van der Waals surface area (Å²) in [5.74, 6) is 0. The van der Waals surface area contributed by atoms with Gasteiger partial charge in [0.05, 0.1) is 5.69 Å². The highest BCUT2D eigenvalue weighted by atomic mass is 32.2. The molecule has 0 bridgehead atoms. The predicted molar refractivity (Wildman–Crippen MR) is 106 cm³/mol. The first kappa shape index (κ1) is 17.0. The van der Waals surface area contributed by atoms with Gasteiger partial charge in [-0.2, -0.15) is 8.42 Å². The van der Waals surface area contributed by atoms with Gasteiger partial charge in [0.2, 0.25) is 4.80 Å². The second kappa shape index (κ2) is 7.03. The topological polar surface area (TPSA) is 51.4 Å². The molecule has 4 nitrogen and oxygen atoms in total. The zero-order valence-electron chi connectivity index (χ0n) is 13.5. The number of thiazole rings is 1. The molecule has 0 N–H and O–H groups in total. The molecule has 0 amide bonds. The highest BCUT2D eigenvalue weighted by molar-refractivity contribution is 7.92. The number of rotatable bonds is 4. The molecule has 0 radical (unpaired) electrons. The van der Waals surface area contributed by atoms with Crippen molar-refractivity contribution in [1.29, 1.82) is 0 Å². The van der Waals surface area contributed by atoms with E-state index in [1.807, 2.05) is 70.6 Å². The van der Waals surface area contributed by atoms with Crippen molar-refractivity contribution >= 4 is 32.7 Å². The summed E-state index contributed by atoms with van der Waals surface area (Å²) >= 11 is 2.48. The van der Waals surface area contributed by atoms with Crippen LogP contribution in [0, 0.1) is 0 Å². The van der Waals surface area contributed by atoms with Crippen LogP contribution in [0.2, 0.25) is 0 Å². The highest BCUT2D eigenvalue weighted by Crippen LogP contribution is 2.24. The van der Waals surface area contributed by atoms with Crippen LogP contribution in [0.3, 0.4) is 0 Å². The maximum atomic E-state index is 12.6. The van der Waals surface area contributed by atoms with Crippen LogP contribution in [-0.2, 0) is 10.0 Å². The smallest absolute Gasteiger partial charge is 0.284 e. The van der Waals surface area contributed by atoms with Gasteiger partial charge in [0.1, 0.15) is 4.21 Å². The van der Waals surface area contributed by atoms with E-state index in [9.17, 15) is 8.42 Å². The zero-order valence-corrected chi connectivity index (χ0v) is 16.0. The number of hydrogen-bond donors (Lipinski definition) is 0. The van der Waals surface area contributed by atoms with E-state index in [1.54, 1.807) is 17.5 Å². The molecular weight excluding hydrogens is 384 g/mol. The molecule has 130 valence electrons. The summed E-state index contributed by atoms with van der Waals surface area (Å²) in [6.45, 7) is 0. The molecule has 0 unspecified atom stereocenters. The normalized spacial score (nSPS) is 12.4. The lowest BCUT2D eigenvalue weighted by atomic mass is 10.1. The van der Waals surface area contributed by atoms with Gasteiger partial charge in [0.15, 0.2) is 0 Å². The average Bonchev–Trinajstić information content (AvgIpc) is 3.33. The van der Waals surface area contributed by atoms with E-state index in [0.29, 0.717) is 4.80 Å². The number of nitrogens with zero attached hydrogens (tertiary/aromatic N) is 2. The number of para-hydroxylation sites is 1. The zero-order chi connectivity index (χ0) is 18.0. The monoisotopic (exact) mass is 398 g/mol. The molecule has 0 saturated carbocycles. The fourth-order valence-electron chi connectivity index (χ4n) is 2.57. The quantitative estimate of drug-likeness (QED) is 0.506. The van der Waals surface area contributed by atoms with Crippen LogP contribution >= 0.6 is 22.7 Å². The minimum Gasteiger partial charge on any atom is -0.284 e. The second-order valence-corrected chi connectivity index (χ2v) is 9.05. The molecule has 0 aliphatic heterocycles. The van der Waals surface area contributed by atoms with E-state index in [4.69, 9.17) is 0 Å². The first-order valence-electron chi connectivity index (χ1n) is 7.81. The molecule has 0 aliphatic carbocycles. The molecule has 0 saturated heterocycles. The van der Waals surface area contributed by atoms with E-state index >= 15 is 0 Å². The van der Waals surface area contributed by atoms with Gasteiger partial charge in [-0.1, -0.05) is 54.6 Å². The van der Waals surface area contributed by atoms with Crippen LogP contribution in [-0.4, -0.2) is 13.0 Å². The van der Waals surface area contributed by atoms with Gasteiger partial charge in [0.25, 0.3) is 10.0 Å². The second-order valence-electron chi connectivity index (χ2n) is 5.44. The molecule has 7 heteroatoms. The van der Waals surface area contributed by atoms with Crippen LogP contribution in [0.4, 0.5) is 0 Å². The molecule has 2 aromatic heterocycles. The minimum atomic E-state index is -3.74. The predicted octanol–water partition coefficient (Wildman–Crippen LogP) is 4.56. The molecule has 0 spiro atoms. The summed E-state index contributed by atoms with van der Waals surface area (Å²) in [5.41, 5.74) is 2.78. The Labute approximate surface area is 159 Å². The Bertz CT molecular complexity index is 1170. The molecular formula is C19H14N2O2S3. The van der Waals surface area contributed by atoms with Crippen molar-refractivity contribution in [1.82, 2.24) is 4.57 Å². The lowest BCUT2D eigenvalue weighted by Crippen LogP contribution is -2.16. The van der Waals surface area contributed by atoms with Gasteiger partial charge in [0, 0.05) is 11.1 Å². The summed E-state index contributed by atoms with van der Waals surface area (Å²) in [6, 6.07) is 22.8. The number of thiophene rings is 1. The summed E-state index contributed by atoms with van der Waals surface area (Å²) < 4.78 is 31.5. The van der Waals surface area contributed by atoms with Gasteiger partial charge < -0.3 is 0 Å².